The van der Waals surface area contributed by atoms with Gasteiger partial charge in [0.1, 0.15) is 11.6 Å². The van der Waals surface area contributed by atoms with Crippen molar-refractivity contribution in [2.24, 2.45) is 0 Å². The van der Waals surface area contributed by atoms with Crippen LogP contribution in [-0.4, -0.2) is 14.8 Å². The molecule has 1 aromatic heterocycles. The zero-order valence-corrected chi connectivity index (χ0v) is 7.16. The van der Waals surface area contributed by atoms with E-state index in [2.05, 4.69) is 14.8 Å². The molecule has 0 saturated heterocycles. The average Bonchev–Trinajstić information content (AvgIpc) is 2.86. The SMILES string of the molecule is C1CCn2c(nnc2C2CC2)C1. The van der Waals surface area contributed by atoms with E-state index in [4.69, 9.17) is 0 Å². The average molecular weight is 163 g/mol. The zero-order valence-electron chi connectivity index (χ0n) is 7.16. The molecule has 1 aliphatic heterocycles. The second kappa shape index (κ2) is 2.31. The molecule has 1 aliphatic carbocycles. The van der Waals surface area contributed by atoms with Crippen LogP contribution in [0.3, 0.4) is 0 Å². The number of hydrogen-bond acceptors (Lipinski definition) is 2. The molecule has 0 spiro atoms. The van der Waals surface area contributed by atoms with Gasteiger partial charge in [-0.05, 0) is 25.7 Å². The molecule has 0 amide bonds. The molecule has 0 atom stereocenters. The van der Waals surface area contributed by atoms with Crippen molar-refractivity contribution < 1.29 is 0 Å². The van der Waals surface area contributed by atoms with E-state index in [0.717, 1.165) is 18.9 Å². The number of aromatic nitrogens is 3. The van der Waals surface area contributed by atoms with E-state index < -0.39 is 0 Å². The Kier molecular flexibility index (Phi) is 1.28. The molecule has 0 bridgehead atoms. The van der Waals surface area contributed by atoms with Crippen LogP contribution in [0.2, 0.25) is 0 Å². The Bertz CT molecular complexity index is 299. The van der Waals surface area contributed by atoms with Crippen LogP contribution in [0, 0.1) is 0 Å². The summed E-state index contributed by atoms with van der Waals surface area (Å²) in [6.45, 7) is 1.16. The van der Waals surface area contributed by atoms with Gasteiger partial charge in [0.2, 0.25) is 0 Å². The third-order valence-electron chi connectivity index (χ3n) is 2.83. The summed E-state index contributed by atoms with van der Waals surface area (Å²) in [5.41, 5.74) is 0. The Hall–Kier alpha value is -0.860. The maximum absolute atomic E-state index is 4.27. The van der Waals surface area contributed by atoms with Crippen LogP contribution in [0.25, 0.3) is 0 Å². The van der Waals surface area contributed by atoms with E-state index >= 15 is 0 Å². The van der Waals surface area contributed by atoms with E-state index in [1.807, 2.05) is 0 Å². The fraction of sp³-hybridized carbons (Fsp3) is 0.778. The molecule has 0 N–H and O–H groups in total. The van der Waals surface area contributed by atoms with E-state index in [1.54, 1.807) is 0 Å². The molecule has 2 aliphatic rings. The summed E-state index contributed by atoms with van der Waals surface area (Å²) in [4.78, 5) is 0. The van der Waals surface area contributed by atoms with Crippen LogP contribution in [0.4, 0.5) is 0 Å². The lowest BCUT2D eigenvalue weighted by atomic mass is 10.1. The molecule has 0 unspecified atom stereocenters. The van der Waals surface area contributed by atoms with E-state index in [0.29, 0.717) is 0 Å². The molecule has 3 heteroatoms. The summed E-state index contributed by atoms with van der Waals surface area (Å²) in [7, 11) is 0. The maximum atomic E-state index is 4.27. The Morgan fingerprint density at radius 3 is 2.92 bits per heavy atom. The third kappa shape index (κ3) is 0.886. The van der Waals surface area contributed by atoms with Crippen molar-refractivity contribution in [2.75, 3.05) is 0 Å². The molecule has 3 nitrogen and oxygen atoms in total. The predicted octanol–water partition coefficient (Wildman–Crippen LogP) is 1.49. The van der Waals surface area contributed by atoms with Crippen molar-refractivity contribution in [3.8, 4) is 0 Å². The van der Waals surface area contributed by atoms with Gasteiger partial charge in [0, 0.05) is 18.9 Å². The minimum Gasteiger partial charge on any atom is -0.315 e. The summed E-state index contributed by atoms with van der Waals surface area (Å²) < 4.78 is 2.35. The van der Waals surface area contributed by atoms with Crippen LogP contribution < -0.4 is 0 Å². The highest BCUT2D eigenvalue weighted by Gasteiger charge is 2.30. The molecule has 1 saturated carbocycles. The lowest BCUT2D eigenvalue weighted by Crippen LogP contribution is -2.12. The van der Waals surface area contributed by atoms with Crippen molar-refractivity contribution in [3.05, 3.63) is 11.6 Å². The first-order valence-corrected chi connectivity index (χ1v) is 4.87. The van der Waals surface area contributed by atoms with E-state index in [-0.39, 0.29) is 0 Å². The molecule has 2 heterocycles. The normalized spacial score (nSPS) is 22.3. The highest BCUT2D eigenvalue weighted by molar-refractivity contribution is 5.09. The molecule has 3 rings (SSSR count). The quantitative estimate of drug-likeness (QED) is 0.628. The summed E-state index contributed by atoms with van der Waals surface area (Å²) in [5.74, 6) is 3.25. The van der Waals surface area contributed by atoms with Crippen molar-refractivity contribution in [2.45, 2.75) is 44.6 Å². The van der Waals surface area contributed by atoms with Crippen LogP contribution in [0.1, 0.15) is 43.3 Å². The Balaban J connectivity index is 2.03. The predicted molar refractivity (Wildman–Crippen MR) is 44.9 cm³/mol. The highest BCUT2D eigenvalue weighted by atomic mass is 15.3. The van der Waals surface area contributed by atoms with Crippen LogP contribution in [0.15, 0.2) is 0 Å². The molecule has 0 radical (unpaired) electrons. The molecular formula is C9H13N3. The lowest BCUT2D eigenvalue weighted by molar-refractivity contribution is 0.508. The smallest absolute Gasteiger partial charge is 0.136 e. The number of fused-ring (bicyclic) bond motifs is 1. The summed E-state index contributed by atoms with van der Waals surface area (Å²) in [6.07, 6.45) is 6.41. The minimum absolute atomic E-state index is 0.754. The first kappa shape index (κ1) is 6.63. The van der Waals surface area contributed by atoms with Crippen molar-refractivity contribution in [1.29, 1.82) is 0 Å². The maximum Gasteiger partial charge on any atom is 0.136 e. The van der Waals surface area contributed by atoms with Gasteiger partial charge in [-0.2, -0.15) is 0 Å². The Labute approximate surface area is 71.8 Å². The van der Waals surface area contributed by atoms with Gasteiger partial charge >= 0.3 is 0 Å². The van der Waals surface area contributed by atoms with Gasteiger partial charge in [-0.25, -0.2) is 0 Å². The largest absolute Gasteiger partial charge is 0.315 e. The standard InChI is InChI=1S/C9H13N3/c1-2-6-12-8(3-1)10-11-9(12)7-4-5-7/h7H,1-6H2. The Morgan fingerprint density at radius 2 is 2.08 bits per heavy atom. The molecule has 0 aromatic carbocycles. The molecule has 12 heavy (non-hydrogen) atoms. The van der Waals surface area contributed by atoms with Crippen molar-refractivity contribution in [3.63, 3.8) is 0 Å². The molecular weight excluding hydrogens is 150 g/mol. The van der Waals surface area contributed by atoms with Gasteiger partial charge in [-0.15, -0.1) is 10.2 Å². The van der Waals surface area contributed by atoms with Crippen molar-refractivity contribution in [1.82, 2.24) is 14.8 Å². The number of hydrogen-bond donors (Lipinski definition) is 0. The topological polar surface area (TPSA) is 30.7 Å². The number of rotatable bonds is 1. The van der Waals surface area contributed by atoms with Crippen LogP contribution in [0.5, 0.6) is 0 Å². The lowest BCUT2D eigenvalue weighted by Gasteiger charge is -2.14. The molecule has 1 aromatic rings. The summed E-state index contributed by atoms with van der Waals surface area (Å²) in [5, 5.41) is 8.50. The first-order chi connectivity index (χ1) is 5.95. The number of aryl methyl sites for hydroxylation is 1. The van der Waals surface area contributed by atoms with Crippen molar-refractivity contribution >= 4 is 0 Å². The highest BCUT2D eigenvalue weighted by Crippen LogP contribution is 2.39. The van der Waals surface area contributed by atoms with E-state index in [9.17, 15) is 0 Å². The zero-order chi connectivity index (χ0) is 7.97. The summed E-state index contributed by atoms with van der Waals surface area (Å²) in [6, 6.07) is 0. The van der Waals surface area contributed by atoms with Gasteiger partial charge in [0.05, 0.1) is 0 Å². The van der Waals surface area contributed by atoms with Gasteiger partial charge in [-0.1, -0.05) is 0 Å². The van der Waals surface area contributed by atoms with Crippen LogP contribution in [-0.2, 0) is 13.0 Å². The van der Waals surface area contributed by atoms with Gasteiger partial charge in [0.15, 0.2) is 0 Å². The summed E-state index contributed by atoms with van der Waals surface area (Å²) >= 11 is 0. The Morgan fingerprint density at radius 1 is 1.17 bits per heavy atom. The van der Waals surface area contributed by atoms with E-state index in [1.165, 1.54) is 37.3 Å². The molecule has 64 valence electrons. The number of nitrogens with zero attached hydrogens (tertiary/aromatic N) is 3. The van der Waals surface area contributed by atoms with Gasteiger partial charge in [-0.3, -0.25) is 0 Å². The third-order valence-corrected chi connectivity index (χ3v) is 2.83. The van der Waals surface area contributed by atoms with Gasteiger partial charge in [0.25, 0.3) is 0 Å². The second-order valence-electron chi connectivity index (χ2n) is 3.86. The fourth-order valence-electron chi connectivity index (χ4n) is 1.97. The second-order valence-corrected chi connectivity index (χ2v) is 3.86. The minimum atomic E-state index is 0.754. The van der Waals surface area contributed by atoms with Crippen LogP contribution >= 0.6 is 0 Å². The van der Waals surface area contributed by atoms with Gasteiger partial charge < -0.3 is 4.57 Å². The molecule has 1 fully saturated rings. The monoisotopic (exact) mass is 163 g/mol. The fourth-order valence-corrected chi connectivity index (χ4v) is 1.97. The first-order valence-electron chi connectivity index (χ1n) is 4.87.